The molecule has 4 rings (SSSR count). The number of aldehydes is 1. The van der Waals surface area contributed by atoms with Gasteiger partial charge in [-0.3, -0.25) is 24.6 Å². The van der Waals surface area contributed by atoms with E-state index in [1.165, 1.54) is 11.1 Å². The number of benzene rings is 2. The van der Waals surface area contributed by atoms with E-state index >= 15 is 0 Å². The van der Waals surface area contributed by atoms with Gasteiger partial charge in [0.1, 0.15) is 12.3 Å². The molecule has 2 aliphatic heterocycles. The molecule has 1 unspecified atom stereocenters. The van der Waals surface area contributed by atoms with Crippen LogP contribution in [0.5, 0.6) is 0 Å². The average Bonchev–Trinajstić information content (AvgIpc) is 3.20. The van der Waals surface area contributed by atoms with Crippen LogP contribution < -0.4 is 5.32 Å². The van der Waals surface area contributed by atoms with Crippen LogP contribution in [0.15, 0.2) is 42.5 Å². The quantitative estimate of drug-likeness (QED) is 0.534. The average molecular weight is 476 g/mol. The van der Waals surface area contributed by atoms with Crippen molar-refractivity contribution in [1.29, 1.82) is 0 Å². The first-order valence-corrected chi connectivity index (χ1v) is 12.5. The molecule has 3 amide bonds. The minimum Gasteiger partial charge on any atom is -0.322 e. The highest BCUT2D eigenvalue weighted by Crippen LogP contribution is 2.33. The lowest BCUT2D eigenvalue weighted by Gasteiger charge is -2.32. The van der Waals surface area contributed by atoms with Gasteiger partial charge in [0.2, 0.25) is 12.3 Å². The molecule has 0 bridgehead atoms. The molecular formula is C28H33N3O4. The first kappa shape index (κ1) is 24.8. The van der Waals surface area contributed by atoms with Gasteiger partial charge in [0.15, 0.2) is 0 Å². The third-order valence-corrected chi connectivity index (χ3v) is 7.21. The number of likely N-dealkylation sites (tertiary alicyclic amines) is 1. The Morgan fingerprint density at radius 3 is 2.46 bits per heavy atom. The summed E-state index contributed by atoms with van der Waals surface area (Å²) in [5.74, 6) is -0.116. The lowest BCUT2D eigenvalue weighted by Crippen LogP contribution is -2.46. The number of rotatable bonds is 10. The van der Waals surface area contributed by atoms with Crippen molar-refractivity contribution in [3.8, 4) is 0 Å². The highest BCUT2D eigenvalue weighted by Gasteiger charge is 2.36. The van der Waals surface area contributed by atoms with Gasteiger partial charge in [-0.15, -0.1) is 0 Å². The van der Waals surface area contributed by atoms with Crippen molar-refractivity contribution < 1.29 is 19.2 Å². The second-order valence-electron chi connectivity index (χ2n) is 9.52. The summed E-state index contributed by atoms with van der Waals surface area (Å²) < 4.78 is 0. The summed E-state index contributed by atoms with van der Waals surface area (Å²) >= 11 is 0. The fourth-order valence-electron chi connectivity index (χ4n) is 5.28. The number of hydrogen-bond donors (Lipinski definition) is 1. The molecule has 2 aliphatic rings. The number of carbonyl (C=O) groups is 4. The van der Waals surface area contributed by atoms with Crippen LogP contribution in [0.4, 0.5) is 0 Å². The van der Waals surface area contributed by atoms with Crippen molar-refractivity contribution in [3.63, 3.8) is 0 Å². The Morgan fingerprint density at radius 1 is 1.09 bits per heavy atom. The predicted octanol–water partition coefficient (Wildman–Crippen LogP) is 3.20. The van der Waals surface area contributed by atoms with E-state index in [1.54, 1.807) is 4.90 Å². The Labute approximate surface area is 206 Å². The van der Waals surface area contributed by atoms with E-state index < -0.39 is 11.9 Å². The molecular weight excluding hydrogens is 442 g/mol. The van der Waals surface area contributed by atoms with Crippen molar-refractivity contribution >= 4 is 24.5 Å². The van der Waals surface area contributed by atoms with Crippen LogP contribution in [0.25, 0.3) is 0 Å². The number of fused-ring (bicyclic) bond motifs is 1. The van der Waals surface area contributed by atoms with Crippen LogP contribution in [0.1, 0.15) is 71.1 Å². The van der Waals surface area contributed by atoms with Crippen LogP contribution in [0.3, 0.4) is 0 Å². The second-order valence-corrected chi connectivity index (χ2v) is 9.52. The maximum Gasteiger partial charge on any atom is 0.255 e. The minimum absolute atomic E-state index is 0.139. The van der Waals surface area contributed by atoms with Crippen molar-refractivity contribution in [2.45, 2.75) is 64.1 Å². The minimum atomic E-state index is -0.635. The molecule has 7 nitrogen and oxygen atoms in total. The standard InChI is InChI=1S/C28H33N3O4/c1-2-3-26(27(34)29-19-33)31-18-24-16-23(8-9-25(24)28(31)35)22-10-13-30(14-11-22)17-21-6-4-20(5-7-21)12-15-32/h4-9,15-16,19,22,26H,2-3,10-14,17-18H2,1H3,(H,29,33,34). The van der Waals surface area contributed by atoms with Crippen molar-refractivity contribution in [3.05, 3.63) is 70.3 Å². The molecule has 2 aromatic rings. The smallest absolute Gasteiger partial charge is 0.255 e. The van der Waals surface area contributed by atoms with E-state index in [2.05, 4.69) is 34.5 Å². The number of amides is 3. The topological polar surface area (TPSA) is 86.8 Å². The summed E-state index contributed by atoms with van der Waals surface area (Å²) in [6, 6.07) is 13.7. The van der Waals surface area contributed by atoms with Gasteiger partial charge in [0, 0.05) is 25.1 Å². The molecule has 35 heavy (non-hydrogen) atoms. The van der Waals surface area contributed by atoms with Gasteiger partial charge >= 0.3 is 0 Å². The summed E-state index contributed by atoms with van der Waals surface area (Å²) in [5, 5.41) is 2.22. The van der Waals surface area contributed by atoms with Gasteiger partial charge in [-0.25, -0.2) is 0 Å². The lowest BCUT2D eigenvalue weighted by atomic mass is 9.87. The molecule has 184 valence electrons. The van der Waals surface area contributed by atoms with Crippen LogP contribution >= 0.6 is 0 Å². The van der Waals surface area contributed by atoms with Crippen LogP contribution in [0, 0.1) is 0 Å². The number of nitrogens with zero attached hydrogens (tertiary/aromatic N) is 2. The predicted molar refractivity (Wildman–Crippen MR) is 133 cm³/mol. The molecule has 0 aliphatic carbocycles. The Morgan fingerprint density at radius 2 is 1.80 bits per heavy atom. The highest BCUT2D eigenvalue weighted by molar-refractivity contribution is 6.02. The van der Waals surface area contributed by atoms with Gasteiger partial charge in [-0.1, -0.05) is 49.7 Å². The van der Waals surface area contributed by atoms with E-state index in [0.717, 1.165) is 56.3 Å². The van der Waals surface area contributed by atoms with Crippen LogP contribution in [0.2, 0.25) is 0 Å². The Bertz CT molecular complexity index is 1070. The normalized spacial score (nSPS) is 17.2. The van der Waals surface area contributed by atoms with E-state index in [1.807, 2.05) is 25.1 Å². The van der Waals surface area contributed by atoms with Gasteiger partial charge in [0.25, 0.3) is 5.91 Å². The van der Waals surface area contributed by atoms with Gasteiger partial charge in [0.05, 0.1) is 0 Å². The van der Waals surface area contributed by atoms with Gasteiger partial charge in [-0.05, 0) is 66.6 Å². The zero-order chi connectivity index (χ0) is 24.8. The molecule has 1 atom stereocenters. The summed E-state index contributed by atoms with van der Waals surface area (Å²) in [6.07, 6.45) is 5.14. The number of piperidine rings is 1. The van der Waals surface area contributed by atoms with Crippen molar-refractivity contribution in [2.75, 3.05) is 13.1 Å². The fourth-order valence-corrected chi connectivity index (χ4v) is 5.28. The number of nitrogens with one attached hydrogen (secondary N) is 1. The lowest BCUT2D eigenvalue weighted by molar-refractivity contribution is -0.129. The van der Waals surface area contributed by atoms with Crippen LogP contribution in [-0.2, 0) is 33.9 Å². The second kappa shape index (κ2) is 11.4. The first-order chi connectivity index (χ1) is 17.0. The van der Waals surface area contributed by atoms with E-state index in [-0.39, 0.29) is 5.91 Å². The highest BCUT2D eigenvalue weighted by atomic mass is 16.2. The summed E-state index contributed by atoms with van der Waals surface area (Å²) in [5.41, 5.74) is 5.17. The van der Waals surface area contributed by atoms with E-state index in [0.29, 0.717) is 37.3 Å². The van der Waals surface area contributed by atoms with Gasteiger partial charge in [-0.2, -0.15) is 0 Å². The molecule has 1 fully saturated rings. The molecule has 0 radical (unpaired) electrons. The fraction of sp³-hybridized carbons (Fsp3) is 0.429. The SMILES string of the molecule is CCCC(C(=O)NC=O)N1Cc2cc(C3CCN(Cc4ccc(CC=O)cc4)CC3)ccc2C1=O. The number of imide groups is 1. The van der Waals surface area contributed by atoms with Crippen LogP contribution in [-0.4, -0.2) is 53.4 Å². The zero-order valence-corrected chi connectivity index (χ0v) is 20.2. The van der Waals surface area contributed by atoms with Crippen molar-refractivity contribution in [1.82, 2.24) is 15.1 Å². The summed E-state index contributed by atoms with van der Waals surface area (Å²) in [7, 11) is 0. The molecule has 0 saturated carbocycles. The number of hydrogen-bond acceptors (Lipinski definition) is 5. The molecule has 7 heteroatoms. The van der Waals surface area contributed by atoms with Gasteiger partial charge < -0.3 is 9.69 Å². The van der Waals surface area contributed by atoms with E-state index in [4.69, 9.17) is 0 Å². The Hall–Kier alpha value is -3.32. The third-order valence-electron chi connectivity index (χ3n) is 7.21. The Balaban J connectivity index is 1.37. The van der Waals surface area contributed by atoms with E-state index in [9.17, 15) is 19.2 Å². The molecule has 0 aromatic heterocycles. The van der Waals surface area contributed by atoms with Crippen molar-refractivity contribution in [2.24, 2.45) is 0 Å². The monoisotopic (exact) mass is 475 g/mol. The Kier molecular flexibility index (Phi) is 8.08. The summed E-state index contributed by atoms with van der Waals surface area (Å²) in [6.45, 7) is 5.28. The molecule has 1 N–H and O–H groups in total. The maximum absolute atomic E-state index is 13.0. The maximum atomic E-state index is 13.0. The number of carbonyl (C=O) groups excluding carboxylic acids is 4. The summed E-state index contributed by atoms with van der Waals surface area (Å²) in [4.78, 5) is 50.9. The largest absolute Gasteiger partial charge is 0.322 e. The zero-order valence-electron chi connectivity index (χ0n) is 20.2. The third kappa shape index (κ3) is 5.68. The molecule has 2 aromatic carbocycles. The molecule has 2 heterocycles. The molecule has 0 spiro atoms. The molecule has 1 saturated heterocycles. The first-order valence-electron chi connectivity index (χ1n) is 12.5.